The number of halogens is 1. The number of thiazole rings is 1. The highest BCUT2D eigenvalue weighted by Crippen LogP contribution is 2.40. The van der Waals surface area contributed by atoms with Gasteiger partial charge in [0.2, 0.25) is 12.3 Å². The van der Waals surface area contributed by atoms with E-state index in [1.807, 2.05) is 43.6 Å². The van der Waals surface area contributed by atoms with Crippen LogP contribution in [0.1, 0.15) is 101 Å². The Hall–Kier alpha value is -6.76. The molecule has 0 spiro atoms. The number of amides is 2. The third-order valence-corrected chi connectivity index (χ3v) is 17.1. The Morgan fingerprint density at radius 3 is 2.46 bits per heavy atom. The number of carbonyl (C=O) groups excluding carboxylic acids is 2. The van der Waals surface area contributed by atoms with Crippen LogP contribution in [0.3, 0.4) is 0 Å². The third kappa shape index (κ3) is 12.2. The lowest BCUT2D eigenvalue weighted by molar-refractivity contribution is -0.126. The van der Waals surface area contributed by atoms with E-state index in [0.29, 0.717) is 91.8 Å². The monoisotopic (exact) mass is 1080 g/mol. The van der Waals surface area contributed by atoms with Crippen LogP contribution in [0.15, 0.2) is 76.9 Å². The maximum Gasteiger partial charge on any atom is 0.319 e. The van der Waals surface area contributed by atoms with Gasteiger partial charge >= 0.3 is 6.01 Å². The van der Waals surface area contributed by atoms with Gasteiger partial charge in [-0.1, -0.05) is 74.8 Å². The molecule has 4 aliphatic rings. The number of benzene rings is 3. The number of carbonyl (C=O) groups is 2. The number of hydrogen-bond donors (Lipinski definition) is 4. The molecule has 2 bridgehead atoms. The third-order valence-electron chi connectivity index (χ3n) is 16.1. The molecule has 11 rings (SSSR count). The van der Waals surface area contributed by atoms with E-state index in [4.69, 9.17) is 24.2 Å². The minimum absolute atomic E-state index is 0.0469. The van der Waals surface area contributed by atoms with Crippen LogP contribution < -0.4 is 30.5 Å². The fourth-order valence-electron chi connectivity index (χ4n) is 11.9. The Labute approximate surface area is 460 Å². The summed E-state index contributed by atoms with van der Waals surface area (Å²) in [5.74, 6) is 2.33. The Morgan fingerprint density at radius 1 is 0.974 bits per heavy atom. The van der Waals surface area contributed by atoms with Gasteiger partial charge in [-0.15, -0.1) is 11.3 Å². The quantitative estimate of drug-likeness (QED) is 0.0417. The number of aromatic hydroxyl groups is 1. The summed E-state index contributed by atoms with van der Waals surface area (Å²) in [6.45, 7) is 17.1. The van der Waals surface area contributed by atoms with Gasteiger partial charge in [-0.2, -0.15) is 9.97 Å². The maximum atomic E-state index is 17.1. The van der Waals surface area contributed by atoms with Crippen molar-refractivity contribution < 1.29 is 28.3 Å². The number of nitrogens with one attached hydrogen (secondary N) is 3. The number of likely N-dealkylation sites (tertiary alicyclic amines) is 1. The molecule has 3 aromatic carbocycles. The molecule has 0 radical (unpaired) electrons. The maximum absolute atomic E-state index is 17.1. The van der Waals surface area contributed by atoms with Gasteiger partial charge in [0.25, 0.3) is 0 Å². The molecule has 0 saturated carbocycles. The fourth-order valence-corrected chi connectivity index (χ4v) is 12.7. The Morgan fingerprint density at radius 2 is 1.74 bits per heavy atom. The van der Waals surface area contributed by atoms with Crippen LogP contribution in [0.2, 0.25) is 0 Å². The number of pyridine rings is 1. The largest absolute Gasteiger partial charge is 0.508 e. The molecule has 4 aliphatic heterocycles. The van der Waals surface area contributed by atoms with Crippen molar-refractivity contribution in [2.45, 2.75) is 111 Å². The number of anilines is 2. The molecule has 16 nitrogen and oxygen atoms in total. The highest BCUT2D eigenvalue weighted by Gasteiger charge is 2.38. The van der Waals surface area contributed by atoms with Crippen molar-refractivity contribution in [2.75, 3.05) is 68.8 Å². The second kappa shape index (κ2) is 24.9. The van der Waals surface area contributed by atoms with Gasteiger partial charge in [-0.3, -0.25) is 19.5 Å². The molecular weight excluding hydrogens is 1010 g/mol. The average molecular weight is 1080 g/mol. The minimum atomic E-state index is -0.561. The molecule has 412 valence electrons. The molecule has 4 atom stereocenters. The smallest absolute Gasteiger partial charge is 0.319 e. The van der Waals surface area contributed by atoms with Crippen LogP contribution in [0, 0.1) is 30.5 Å². The zero-order valence-electron chi connectivity index (χ0n) is 45.6. The van der Waals surface area contributed by atoms with Gasteiger partial charge in [0.05, 0.1) is 27.5 Å². The van der Waals surface area contributed by atoms with Crippen molar-refractivity contribution in [2.24, 2.45) is 17.8 Å². The minimum Gasteiger partial charge on any atom is -0.508 e. The predicted octanol–water partition coefficient (Wildman–Crippen LogP) is 9.82. The lowest BCUT2D eigenvalue weighted by atomic mass is 9.79. The Bertz CT molecular complexity index is 3160. The van der Waals surface area contributed by atoms with Crippen LogP contribution in [0.4, 0.5) is 16.0 Å². The first-order valence-electron chi connectivity index (χ1n) is 28.2. The van der Waals surface area contributed by atoms with Crippen molar-refractivity contribution in [1.29, 1.82) is 0 Å². The second-order valence-electron chi connectivity index (χ2n) is 21.7. The number of aromatic nitrogens is 5. The molecule has 8 heterocycles. The van der Waals surface area contributed by atoms with E-state index in [-0.39, 0.29) is 40.8 Å². The van der Waals surface area contributed by atoms with Gasteiger partial charge in [-0.25, -0.2) is 9.37 Å². The first-order chi connectivity index (χ1) is 38.0. The van der Waals surface area contributed by atoms with E-state index in [9.17, 15) is 14.7 Å². The predicted molar refractivity (Wildman–Crippen MR) is 306 cm³/mol. The number of phenolic OH excluding ortho intramolecular Hbond substituents is 1. The number of hydrogen-bond acceptors (Lipinski definition) is 15. The Kier molecular flexibility index (Phi) is 17.4. The van der Waals surface area contributed by atoms with Crippen molar-refractivity contribution in [1.82, 2.24) is 45.9 Å². The van der Waals surface area contributed by atoms with E-state index in [1.54, 1.807) is 29.7 Å². The van der Waals surface area contributed by atoms with E-state index in [2.05, 4.69) is 85.8 Å². The highest BCUT2D eigenvalue weighted by atomic mass is 32.1. The van der Waals surface area contributed by atoms with Crippen molar-refractivity contribution >= 4 is 57.0 Å². The van der Waals surface area contributed by atoms with Gasteiger partial charge in [0, 0.05) is 81.5 Å². The molecule has 0 aliphatic carbocycles. The summed E-state index contributed by atoms with van der Waals surface area (Å²) >= 11 is 1.62. The molecule has 7 aromatic rings. The van der Waals surface area contributed by atoms with E-state index >= 15 is 4.39 Å². The zero-order chi connectivity index (χ0) is 54.3. The molecule has 4 fully saturated rings. The van der Waals surface area contributed by atoms with Gasteiger partial charge < -0.3 is 40.1 Å². The number of piperazine rings is 1. The average Bonchev–Trinajstić information content (AvgIpc) is 4.25. The lowest BCUT2D eigenvalue weighted by Gasteiger charge is -2.46. The number of phenols is 1. The molecule has 78 heavy (non-hydrogen) atoms. The summed E-state index contributed by atoms with van der Waals surface area (Å²) in [6.07, 6.45) is 10.4. The summed E-state index contributed by atoms with van der Waals surface area (Å²) in [7, 11) is 0. The van der Waals surface area contributed by atoms with Crippen molar-refractivity contribution in [3.63, 3.8) is 0 Å². The van der Waals surface area contributed by atoms with Crippen LogP contribution in [-0.2, 0) is 22.4 Å². The zero-order valence-corrected chi connectivity index (χ0v) is 46.5. The number of rotatable bonds is 20. The van der Waals surface area contributed by atoms with E-state index < -0.39 is 5.82 Å². The summed E-state index contributed by atoms with van der Waals surface area (Å²) in [4.78, 5) is 51.6. The number of ether oxygens (including phenoxy) is 1. The summed E-state index contributed by atoms with van der Waals surface area (Å²) in [5.41, 5.74) is 6.85. The van der Waals surface area contributed by atoms with E-state index in [0.717, 1.165) is 115 Å². The highest BCUT2D eigenvalue weighted by molar-refractivity contribution is 7.13. The SMILES string of the molecule is CCC.CCc1cccc2cc(O)cc(-c3ncc4c(N5CC6CCC(C5)N6)nc(OCCN5CCC(C6CN(c7cc(CC(CCCNC=O)C(=O)NC(C)c8ccc(-c9scnc9C)cc8)on7)C6)CC5)nc4c3F)c12. The number of aryl methyl sites for hydroxylation is 2. The standard InChI is InChI=1S/C57H66FN11O5S.C3H8/c1-4-36-7-5-8-40-23-45(71)25-47(50(36)40)52-51(58)53-48(27-60-52)55(69-30-43-14-15-44(31-69)63-43)65-57(64-53)73-22-21-67-19-16-38(17-20-67)42-28-68(29-42)49-26-46(74-66-49)24-41(9-6-18-59-32-70)56(72)62-34(2)37-10-12-39(13-11-37)54-35(3)61-33-75-54;1-3-2/h5,7-8,10-13,23,25-27,32-34,38,41-44,63,71H,4,6,9,14-22,24,28-31H2,1-3H3,(H,59,70)(H,62,72);3H2,1-2H3. The summed E-state index contributed by atoms with van der Waals surface area (Å²) in [5, 5.41) is 27.1. The number of fused-ring (bicyclic) bond motifs is 4. The molecule has 4 saturated heterocycles. The van der Waals surface area contributed by atoms with Crippen LogP contribution in [0.25, 0.3) is 43.4 Å². The van der Waals surface area contributed by atoms with E-state index in [1.165, 1.54) is 6.42 Å². The number of piperidine rings is 1. The molecule has 4 N–H and O–H groups in total. The number of nitrogens with zero attached hydrogens (tertiary/aromatic N) is 8. The normalized spacial score (nSPS) is 18.6. The second-order valence-corrected chi connectivity index (χ2v) is 22.6. The van der Waals surface area contributed by atoms with Gasteiger partial charge in [-0.05, 0) is 123 Å². The molecule has 18 heteroatoms. The summed E-state index contributed by atoms with van der Waals surface area (Å²) in [6, 6.07) is 20.1. The lowest BCUT2D eigenvalue weighted by Crippen LogP contribution is -2.52. The van der Waals surface area contributed by atoms with Crippen molar-refractivity contribution in [3.8, 4) is 33.5 Å². The molecular formula is C60H74FN11O5S. The van der Waals surface area contributed by atoms with Crippen molar-refractivity contribution in [3.05, 3.63) is 101 Å². The van der Waals surface area contributed by atoms with Crippen LogP contribution in [0.5, 0.6) is 11.8 Å². The topological polar surface area (TPSA) is 187 Å². The van der Waals surface area contributed by atoms with Gasteiger partial charge in [0.15, 0.2) is 11.6 Å². The van der Waals surface area contributed by atoms with Crippen LogP contribution in [-0.4, -0.2) is 118 Å². The summed E-state index contributed by atoms with van der Waals surface area (Å²) < 4.78 is 29.3. The molecule has 4 aromatic heterocycles. The first kappa shape index (κ1) is 54.6. The fraction of sp³-hybridized carbons (Fsp3) is 0.483. The van der Waals surface area contributed by atoms with Crippen LogP contribution >= 0.6 is 11.3 Å². The Balaban J connectivity index is 0.00000224. The molecule has 2 amide bonds. The van der Waals surface area contributed by atoms with Gasteiger partial charge in [0.1, 0.15) is 35.1 Å². The first-order valence-corrected chi connectivity index (χ1v) is 29.0. The molecule has 4 unspecified atom stereocenters.